The van der Waals surface area contributed by atoms with Crippen LogP contribution in [0.4, 0.5) is 16.2 Å². The highest BCUT2D eigenvalue weighted by molar-refractivity contribution is 5.82. The molecule has 0 aliphatic carbocycles. The van der Waals surface area contributed by atoms with Gasteiger partial charge in [-0.2, -0.15) is 4.98 Å². The predicted molar refractivity (Wildman–Crippen MR) is 88.1 cm³/mol. The van der Waals surface area contributed by atoms with Gasteiger partial charge in [0.2, 0.25) is 5.95 Å². The number of ether oxygens (including phenoxy) is 2. The van der Waals surface area contributed by atoms with Gasteiger partial charge in [0.25, 0.3) is 0 Å². The molecule has 0 unspecified atom stereocenters. The van der Waals surface area contributed by atoms with Crippen molar-refractivity contribution >= 4 is 18.1 Å². The summed E-state index contributed by atoms with van der Waals surface area (Å²) in [6.07, 6.45) is 2.84. The highest BCUT2D eigenvalue weighted by Crippen LogP contribution is 2.33. The summed E-state index contributed by atoms with van der Waals surface area (Å²) in [4.78, 5) is 19.2. The zero-order valence-electron chi connectivity index (χ0n) is 13.3. The Hall–Kier alpha value is -2.90. The molecule has 0 spiro atoms. The quantitative estimate of drug-likeness (QED) is 0.559. The van der Waals surface area contributed by atoms with E-state index in [9.17, 15) is 9.18 Å². The number of halogens is 1. The van der Waals surface area contributed by atoms with Crippen LogP contribution in [0.15, 0.2) is 18.3 Å². The number of benzene rings is 1. The molecule has 1 heterocycles. The van der Waals surface area contributed by atoms with E-state index in [2.05, 4.69) is 9.97 Å². The number of nitrogens with two attached hydrogens (primary N) is 2. The maximum Gasteiger partial charge on any atom is 0.221 e. The number of hydrogen-bond donors (Lipinski definition) is 2. The van der Waals surface area contributed by atoms with Gasteiger partial charge < -0.3 is 20.9 Å². The molecule has 0 aliphatic heterocycles. The van der Waals surface area contributed by atoms with Crippen molar-refractivity contribution in [2.45, 2.75) is 12.8 Å². The number of nitrogen functional groups attached to an aromatic ring is 2. The first-order valence-corrected chi connectivity index (χ1v) is 7.30. The summed E-state index contributed by atoms with van der Waals surface area (Å²) in [5.41, 5.74) is 13.1. The van der Waals surface area contributed by atoms with E-state index < -0.39 is 6.67 Å². The molecule has 1 aromatic carbocycles. The summed E-state index contributed by atoms with van der Waals surface area (Å²) in [6, 6.07) is 3.39. The van der Waals surface area contributed by atoms with Crippen molar-refractivity contribution in [1.29, 1.82) is 0 Å². The summed E-state index contributed by atoms with van der Waals surface area (Å²) in [6.45, 7) is -0.334. The highest BCUT2D eigenvalue weighted by Gasteiger charge is 2.14. The van der Waals surface area contributed by atoms with Crippen LogP contribution < -0.4 is 20.9 Å². The second-order valence-corrected chi connectivity index (χ2v) is 5.04. The second-order valence-electron chi connectivity index (χ2n) is 5.04. The fourth-order valence-corrected chi connectivity index (χ4v) is 2.20. The number of carbonyl (C=O) groups is 1. The first-order chi connectivity index (χ1) is 11.6. The van der Waals surface area contributed by atoms with Gasteiger partial charge in [-0.3, -0.25) is 9.18 Å². The zero-order valence-corrected chi connectivity index (χ0v) is 13.3. The number of anilines is 2. The largest absolute Gasteiger partial charge is 0.493 e. The van der Waals surface area contributed by atoms with Crippen LogP contribution in [0.25, 0.3) is 0 Å². The maximum absolute atomic E-state index is 12.2. The number of methoxy groups -OCH3 is 1. The van der Waals surface area contributed by atoms with E-state index in [1.54, 1.807) is 12.1 Å². The van der Waals surface area contributed by atoms with Gasteiger partial charge in [0.15, 0.2) is 17.8 Å². The van der Waals surface area contributed by atoms with E-state index in [1.807, 2.05) is 0 Å². The van der Waals surface area contributed by atoms with Crippen LogP contribution in [0.3, 0.4) is 0 Å². The van der Waals surface area contributed by atoms with Crippen LogP contribution in [-0.4, -0.2) is 36.6 Å². The van der Waals surface area contributed by atoms with Crippen LogP contribution in [0.5, 0.6) is 11.5 Å². The number of aldehydes is 1. The molecular formula is C16H19FN4O3. The average molecular weight is 334 g/mol. The molecule has 0 bridgehead atoms. The minimum absolute atomic E-state index is 0.0963. The molecule has 0 atom stereocenters. The lowest BCUT2D eigenvalue weighted by Gasteiger charge is -2.14. The summed E-state index contributed by atoms with van der Waals surface area (Å²) in [7, 11) is 1.47. The van der Waals surface area contributed by atoms with Crippen molar-refractivity contribution in [3.05, 3.63) is 35.0 Å². The maximum atomic E-state index is 12.2. The molecule has 0 amide bonds. The Morgan fingerprint density at radius 1 is 1.33 bits per heavy atom. The molecular weight excluding hydrogens is 315 g/mol. The smallest absolute Gasteiger partial charge is 0.221 e. The Bertz CT molecular complexity index is 725. The Labute approximate surface area is 138 Å². The van der Waals surface area contributed by atoms with Gasteiger partial charge >= 0.3 is 0 Å². The number of carbonyl (C=O) groups excluding carboxylic acids is 1. The SMILES string of the molecule is COc1cc(Cc2cnc(N)nc2N)cc(C=O)c1OCCCF. The third-order valence-electron chi connectivity index (χ3n) is 3.33. The molecule has 0 radical (unpaired) electrons. The Kier molecular flexibility index (Phi) is 5.89. The molecule has 1 aromatic heterocycles. The standard InChI is InChI=1S/C16H19FN4O3/c1-23-13-7-10(5-11-8-20-16(19)21-15(11)18)6-12(9-22)14(13)24-4-2-3-17/h6-9H,2-5H2,1H3,(H4,18,19,20,21). The number of hydrogen-bond acceptors (Lipinski definition) is 7. The molecule has 8 heteroatoms. The number of nitrogens with zero attached hydrogens (tertiary/aromatic N) is 2. The Balaban J connectivity index is 2.32. The molecule has 2 rings (SSSR count). The van der Waals surface area contributed by atoms with Crippen molar-refractivity contribution < 1.29 is 18.7 Å². The topological polar surface area (TPSA) is 113 Å². The van der Waals surface area contributed by atoms with Gasteiger partial charge in [-0.05, 0) is 17.7 Å². The number of alkyl halides is 1. The zero-order chi connectivity index (χ0) is 17.5. The highest BCUT2D eigenvalue weighted by atomic mass is 19.1. The van der Waals surface area contributed by atoms with Gasteiger partial charge in [0.1, 0.15) is 5.82 Å². The van der Waals surface area contributed by atoms with Crippen LogP contribution >= 0.6 is 0 Å². The molecule has 24 heavy (non-hydrogen) atoms. The second kappa shape index (κ2) is 8.09. The van der Waals surface area contributed by atoms with Crippen molar-refractivity contribution in [2.24, 2.45) is 0 Å². The van der Waals surface area contributed by atoms with Crippen molar-refractivity contribution in [3.63, 3.8) is 0 Å². The van der Waals surface area contributed by atoms with E-state index >= 15 is 0 Å². The van der Waals surface area contributed by atoms with E-state index in [-0.39, 0.29) is 24.8 Å². The molecule has 0 fully saturated rings. The lowest BCUT2D eigenvalue weighted by atomic mass is 10.0. The van der Waals surface area contributed by atoms with E-state index in [4.69, 9.17) is 20.9 Å². The van der Waals surface area contributed by atoms with Gasteiger partial charge in [-0.25, -0.2) is 4.98 Å². The molecule has 7 nitrogen and oxygen atoms in total. The average Bonchev–Trinajstić information content (AvgIpc) is 2.58. The first kappa shape index (κ1) is 17.5. The number of rotatable bonds is 8. The molecule has 0 saturated carbocycles. The lowest BCUT2D eigenvalue weighted by Crippen LogP contribution is -2.06. The summed E-state index contributed by atoms with van der Waals surface area (Å²) in [5.74, 6) is 1.06. The third-order valence-corrected chi connectivity index (χ3v) is 3.33. The predicted octanol–water partition coefficient (Wildman–Crippen LogP) is 1.79. The normalized spacial score (nSPS) is 10.4. The Morgan fingerprint density at radius 2 is 2.12 bits per heavy atom. The van der Waals surface area contributed by atoms with E-state index in [0.29, 0.717) is 35.3 Å². The van der Waals surface area contributed by atoms with E-state index in [0.717, 1.165) is 5.56 Å². The third kappa shape index (κ3) is 4.09. The van der Waals surface area contributed by atoms with Gasteiger partial charge in [0, 0.05) is 24.6 Å². The fourth-order valence-electron chi connectivity index (χ4n) is 2.20. The lowest BCUT2D eigenvalue weighted by molar-refractivity contribution is 0.111. The molecule has 0 aliphatic rings. The van der Waals surface area contributed by atoms with Gasteiger partial charge in [-0.1, -0.05) is 0 Å². The van der Waals surface area contributed by atoms with Crippen molar-refractivity contribution in [3.8, 4) is 11.5 Å². The fraction of sp³-hybridized carbons (Fsp3) is 0.312. The van der Waals surface area contributed by atoms with Gasteiger partial charge in [0.05, 0.1) is 26.0 Å². The number of aromatic nitrogens is 2. The van der Waals surface area contributed by atoms with Crippen LogP contribution in [0.2, 0.25) is 0 Å². The van der Waals surface area contributed by atoms with Gasteiger partial charge in [-0.15, -0.1) is 0 Å². The molecule has 0 saturated heterocycles. The first-order valence-electron chi connectivity index (χ1n) is 7.30. The van der Waals surface area contributed by atoms with Crippen LogP contribution in [0.1, 0.15) is 27.9 Å². The van der Waals surface area contributed by atoms with Crippen molar-refractivity contribution in [2.75, 3.05) is 31.9 Å². The van der Waals surface area contributed by atoms with Crippen LogP contribution in [-0.2, 0) is 6.42 Å². The minimum Gasteiger partial charge on any atom is -0.493 e. The van der Waals surface area contributed by atoms with Crippen LogP contribution in [0, 0.1) is 0 Å². The Morgan fingerprint density at radius 3 is 2.75 bits per heavy atom. The minimum atomic E-state index is -0.493. The summed E-state index contributed by atoms with van der Waals surface area (Å²) in [5, 5.41) is 0. The molecule has 2 aromatic rings. The molecule has 128 valence electrons. The summed E-state index contributed by atoms with van der Waals surface area (Å²) >= 11 is 0. The van der Waals surface area contributed by atoms with E-state index in [1.165, 1.54) is 13.3 Å². The van der Waals surface area contributed by atoms with Crippen molar-refractivity contribution in [1.82, 2.24) is 9.97 Å². The molecule has 4 N–H and O–H groups in total. The monoisotopic (exact) mass is 334 g/mol. The summed E-state index contributed by atoms with van der Waals surface area (Å²) < 4.78 is 23.0.